The SMILES string of the molecule is O=C(NCC(O)c1cccc(F)c1)C1(c2cccc(Br)c2)CC1. The van der Waals surface area contributed by atoms with Crippen molar-refractivity contribution in [1.29, 1.82) is 0 Å². The molecule has 23 heavy (non-hydrogen) atoms. The minimum absolute atomic E-state index is 0.0675. The third-order valence-electron chi connectivity index (χ3n) is 4.25. The van der Waals surface area contributed by atoms with Gasteiger partial charge >= 0.3 is 0 Å². The van der Waals surface area contributed by atoms with Crippen molar-refractivity contribution >= 4 is 21.8 Å². The van der Waals surface area contributed by atoms with Crippen LogP contribution in [0.15, 0.2) is 53.0 Å². The van der Waals surface area contributed by atoms with Gasteiger partial charge in [0.25, 0.3) is 0 Å². The Morgan fingerprint density at radius 2 is 2.00 bits per heavy atom. The lowest BCUT2D eigenvalue weighted by molar-refractivity contribution is -0.124. The number of aliphatic hydroxyl groups excluding tert-OH is 1. The topological polar surface area (TPSA) is 49.3 Å². The number of nitrogens with one attached hydrogen (secondary N) is 1. The lowest BCUT2D eigenvalue weighted by atomic mass is 9.95. The molecule has 3 nitrogen and oxygen atoms in total. The number of rotatable bonds is 5. The fourth-order valence-corrected chi connectivity index (χ4v) is 3.15. The summed E-state index contributed by atoms with van der Waals surface area (Å²) >= 11 is 3.42. The first-order valence-corrected chi connectivity index (χ1v) is 8.28. The molecule has 0 spiro atoms. The van der Waals surface area contributed by atoms with Gasteiger partial charge < -0.3 is 10.4 Å². The van der Waals surface area contributed by atoms with Crippen molar-refractivity contribution in [3.8, 4) is 0 Å². The maximum absolute atomic E-state index is 13.2. The maximum atomic E-state index is 13.2. The van der Waals surface area contributed by atoms with Crippen LogP contribution in [0.4, 0.5) is 4.39 Å². The predicted octanol–water partition coefficient (Wildman–Crippen LogP) is 3.47. The third kappa shape index (κ3) is 3.46. The molecule has 1 aliphatic carbocycles. The van der Waals surface area contributed by atoms with Crippen molar-refractivity contribution in [3.63, 3.8) is 0 Å². The molecular weight excluding hydrogens is 361 g/mol. The predicted molar refractivity (Wildman–Crippen MR) is 89.4 cm³/mol. The average Bonchev–Trinajstić information content (AvgIpc) is 3.34. The highest BCUT2D eigenvalue weighted by Crippen LogP contribution is 2.48. The summed E-state index contributed by atoms with van der Waals surface area (Å²) in [7, 11) is 0. The van der Waals surface area contributed by atoms with E-state index in [1.54, 1.807) is 12.1 Å². The summed E-state index contributed by atoms with van der Waals surface area (Å²) in [6.07, 6.45) is 0.671. The van der Waals surface area contributed by atoms with Gasteiger partial charge in [0.05, 0.1) is 11.5 Å². The zero-order valence-electron chi connectivity index (χ0n) is 12.4. The molecule has 3 rings (SSSR count). The molecule has 0 saturated heterocycles. The van der Waals surface area contributed by atoms with Crippen LogP contribution < -0.4 is 5.32 Å². The Bertz CT molecular complexity index is 730. The van der Waals surface area contributed by atoms with Crippen molar-refractivity contribution in [2.45, 2.75) is 24.4 Å². The van der Waals surface area contributed by atoms with Gasteiger partial charge in [0.15, 0.2) is 0 Å². The van der Waals surface area contributed by atoms with Crippen LogP contribution in [-0.2, 0) is 10.2 Å². The molecule has 1 aliphatic rings. The smallest absolute Gasteiger partial charge is 0.230 e. The highest BCUT2D eigenvalue weighted by Gasteiger charge is 2.51. The third-order valence-corrected chi connectivity index (χ3v) is 4.74. The van der Waals surface area contributed by atoms with E-state index < -0.39 is 17.3 Å². The number of hydrogen-bond donors (Lipinski definition) is 2. The monoisotopic (exact) mass is 377 g/mol. The van der Waals surface area contributed by atoms with E-state index in [0.717, 1.165) is 22.9 Å². The lowest BCUT2D eigenvalue weighted by Gasteiger charge is -2.18. The van der Waals surface area contributed by atoms with Gasteiger partial charge in [-0.2, -0.15) is 0 Å². The Morgan fingerprint density at radius 3 is 2.65 bits per heavy atom. The Labute approximate surface area is 142 Å². The van der Waals surface area contributed by atoms with Crippen LogP contribution in [0.5, 0.6) is 0 Å². The summed E-state index contributed by atoms with van der Waals surface area (Å²) < 4.78 is 14.1. The van der Waals surface area contributed by atoms with Gasteiger partial charge in [-0.3, -0.25) is 4.79 Å². The molecule has 5 heteroatoms. The Hall–Kier alpha value is -1.72. The van der Waals surface area contributed by atoms with Gasteiger partial charge in [0.2, 0.25) is 5.91 Å². The molecule has 0 bridgehead atoms. The molecule has 0 aliphatic heterocycles. The van der Waals surface area contributed by atoms with Crippen LogP contribution >= 0.6 is 15.9 Å². The maximum Gasteiger partial charge on any atom is 0.230 e. The molecule has 2 aromatic carbocycles. The van der Waals surface area contributed by atoms with Crippen LogP contribution in [0.2, 0.25) is 0 Å². The highest BCUT2D eigenvalue weighted by molar-refractivity contribution is 9.10. The first-order chi connectivity index (χ1) is 11.0. The van der Waals surface area contributed by atoms with Gasteiger partial charge in [-0.1, -0.05) is 40.2 Å². The van der Waals surface area contributed by atoms with E-state index in [0.29, 0.717) is 5.56 Å². The number of aliphatic hydroxyl groups is 1. The highest BCUT2D eigenvalue weighted by atomic mass is 79.9. The van der Waals surface area contributed by atoms with Gasteiger partial charge in [-0.05, 0) is 48.2 Å². The van der Waals surface area contributed by atoms with E-state index in [1.165, 1.54) is 12.1 Å². The van der Waals surface area contributed by atoms with Crippen molar-refractivity contribution < 1.29 is 14.3 Å². The molecule has 0 radical (unpaired) electrons. The molecule has 1 fully saturated rings. The van der Waals surface area contributed by atoms with Crippen LogP contribution in [-0.4, -0.2) is 17.6 Å². The summed E-state index contributed by atoms with van der Waals surface area (Å²) in [5, 5.41) is 12.9. The number of carbonyl (C=O) groups is 1. The Balaban J connectivity index is 1.65. The van der Waals surface area contributed by atoms with E-state index in [2.05, 4.69) is 21.2 Å². The van der Waals surface area contributed by atoms with Gasteiger partial charge in [-0.25, -0.2) is 4.39 Å². The molecule has 1 amide bonds. The van der Waals surface area contributed by atoms with Crippen molar-refractivity contribution in [1.82, 2.24) is 5.32 Å². The van der Waals surface area contributed by atoms with Crippen LogP contribution in [0.3, 0.4) is 0 Å². The first-order valence-electron chi connectivity index (χ1n) is 7.49. The molecule has 2 aromatic rings. The minimum atomic E-state index is -0.923. The normalized spacial score (nSPS) is 16.7. The molecule has 1 unspecified atom stereocenters. The second kappa shape index (κ2) is 6.42. The summed E-state index contributed by atoms with van der Waals surface area (Å²) in [5.41, 5.74) is 0.938. The zero-order valence-corrected chi connectivity index (χ0v) is 14.0. The van der Waals surface area contributed by atoms with Crippen LogP contribution in [0, 0.1) is 5.82 Å². The summed E-state index contributed by atoms with van der Waals surface area (Å²) in [6, 6.07) is 13.5. The van der Waals surface area contributed by atoms with Crippen molar-refractivity contribution in [2.24, 2.45) is 0 Å². The minimum Gasteiger partial charge on any atom is -0.387 e. The second-order valence-electron chi connectivity index (χ2n) is 5.87. The fourth-order valence-electron chi connectivity index (χ4n) is 2.75. The molecule has 1 atom stereocenters. The number of hydrogen-bond acceptors (Lipinski definition) is 2. The summed E-state index contributed by atoms with van der Waals surface area (Å²) in [4.78, 5) is 12.5. The molecular formula is C18H17BrFNO2. The molecule has 1 saturated carbocycles. The fraction of sp³-hybridized carbons (Fsp3) is 0.278. The standard InChI is InChI=1S/C18H17BrFNO2/c19-14-5-2-4-13(10-14)18(7-8-18)17(23)21-11-16(22)12-3-1-6-15(20)9-12/h1-6,9-10,16,22H,7-8,11H2,(H,21,23). The average molecular weight is 378 g/mol. The van der Waals surface area contributed by atoms with Crippen molar-refractivity contribution in [3.05, 3.63) is 69.9 Å². The number of halogens is 2. The first kappa shape index (κ1) is 16.1. The van der Waals surface area contributed by atoms with E-state index in [1.807, 2.05) is 24.3 Å². The van der Waals surface area contributed by atoms with E-state index in [4.69, 9.17) is 0 Å². The molecule has 0 aromatic heterocycles. The Kier molecular flexibility index (Phi) is 4.50. The van der Waals surface area contributed by atoms with E-state index in [9.17, 15) is 14.3 Å². The second-order valence-corrected chi connectivity index (χ2v) is 6.79. The van der Waals surface area contributed by atoms with Gasteiger partial charge in [-0.15, -0.1) is 0 Å². The summed E-state index contributed by atoms with van der Waals surface area (Å²) in [6.45, 7) is 0.0675. The quantitative estimate of drug-likeness (QED) is 0.837. The Morgan fingerprint density at radius 1 is 1.26 bits per heavy atom. The largest absolute Gasteiger partial charge is 0.387 e. The van der Waals surface area contributed by atoms with Crippen LogP contribution in [0.25, 0.3) is 0 Å². The number of amides is 1. The van der Waals surface area contributed by atoms with Gasteiger partial charge in [0.1, 0.15) is 5.82 Å². The van der Waals surface area contributed by atoms with E-state index >= 15 is 0 Å². The zero-order chi connectivity index (χ0) is 16.4. The molecule has 2 N–H and O–H groups in total. The van der Waals surface area contributed by atoms with Gasteiger partial charge in [0, 0.05) is 11.0 Å². The lowest BCUT2D eigenvalue weighted by Crippen LogP contribution is -2.37. The molecule has 120 valence electrons. The number of benzene rings is 2. The number of carbonyl (C=O) groups excluding carboxylic acids is 1. The van der Waals surface area contributed by atoms with E-state index in [-0.39, 0.29) is 12.5 Å². The van der Waals surface area contributed by atoms with Crippen LogP contribution in [0.1, 0.15) is 30.1 Å². The van der Waals surface area contributed by atoms with Crippen molar-refractivity contribution in [2.75, 3.05) is 6.54 Å². The molecule has 0 heterocycles. The summed E-state index contributed by atoms with van der Waals surface area (Å²) in [5.74, 6) is -0.494.